The third kappa shape index (κ3) is 3.10. The molecule has 1 saturated carbocycles. The molecule has 1 heterocycles. The normalized spacial score (nSPS) is 17.2. The summed E-state index contributed by atoms with van der Waals surface area (Å²) in [7, 11) is 0. The molecule has 2 aliphatic carbocycles. The van der Waals surface area contributed by atoms with E-state index in [9.17, 15) is 4.79 Å². The third-order valence-corrected chi connectivity index (χ3v) is 5.42. The van der Waals surface area contributed by atoms with Gasteiger partial charge >= 0.3 is 0 Å². The number of benzene rings is 1. The Morgan fingerprint density at radius 2 is 1.92 bits per heavy atom. The van der Waals surface area contributed by atoms with E-state index in [0.29, 0.717) is 6.42 Å². The van der Waals surface area contributed by atoms with Crippen molar-refractivity contribution in [3.05, 3.63) is 41.6 Å². The number of hydrogen-bond donors (Lipinski definition) is 1. The number of rotatable bonds is 5. The van der Waals surface area contributed by atoms with Gasteiger partial charge in [-0.25, -0.2) is 4.68 Å². The lowest BCUT2D eigenvalue weighted by atomic mass is 10.0. The van der Waals surface area contributed by atoms with E-state index in [0.717, 1.165) is 48.8 Å². The molecule has 0 spiro atoms. The van der Waals surface area contributed by atoms with Crippen molar-refractivity contribution < 1.29 is 4.79 Å². The average molecular weight is 323 g/mol. The van der Waals surface area contributed by atoms with Crippen molar-refractivity contribution in [3.8, 4) is 5.69 Å². The fourth-order valence-electron chi connectivity index (χ4n) is 4.11. The molecule has 2 aliphatic rings. The molecule has 0 unspecified atom stereocenters. The smallest absolute Gasteiger partial charge is 0.225 e. The Kier molecular flexibility index (Phi) is 4.37. The van der Waals surface area contributed by atoms with E-state index in [2.05, 4.69) is 5.32 Å². The van der Waals surface area contributed by atoms with Crippen LogP contribution in [0.15, 0.2) is 30.3 Å². The minimum atomic E-state index is 0.133. The lowest BCUT2D eigenvalue weighted by molar-refractivity contribution is -0.116. The van der Waals surface area contributed by atoms with Gasteiger partial charge in [0, 0.05) is 12.0 Å². The van der Waals surface area contributed by atoms with Crippen LogP contribution in [0.5, 0.6) is 0 Å². The summed E-state index contributed by atoms with van der Waals surface area (Å²) in [6, 6.07) is 10.1. The van der Waals surface area contributed by atoms with Crippen molar-refractivity contribution in [3.63, 3.8) is 0 Å². The Morgan fingerprint density at radius 3 is 2.71 bits per heavy atom. The Balaban J connectivity index is 1.52. The maximum Gasteiger partial charge on any atom is 0.225 e. The molecular weight excluding hydrogens is 298 g/mol. The number of carbonyl (C=O) groups is 1. The molecule has 1 aromatic heterocycles. The lowest BCUT2D eigenvalue weighted by Gasteiger charge is -2.12. The second kappa shape index (κ2) is 6.80. The van der Waals surface area contributed by atoms with Gasteiger partial charge in [0.25, 0.3) is 0 Å². The standard InChI is InChI=1S/C20H25N3O/c24-19(14-13-15-7-4-5-8-15)21-20-17-11-6-12-18(17)22-23(20)16-9-2-1-3-10-16/h1-3,9-10,15H,4-8,11-14H2,(H,21,24). The fraction of sp³-hybridized carbons (Fsp3) is 0.500. The largest absolute Gasteiger partial charge is 0.310 e. The summed E-state index contributed by atoms with van der Waals surface area (Å²) in [6.07, 6.45) is 10.1. The van der Waals surface area contributed by atoms with Crippen molar-refractivity contribution in [1.82, 2.24) is 9.78 Å². The number of nitrogens with one attached hydrogen (secondary N) is 1. The van der Waals surface area contributed by atoms with Crippen LogP contribution in [0.3, 0.4) is 0 Å². The molecule has 126 valence electrons. The Bertz CT molecular complexity index is 714. The molecule has 4 heteroatoms. The van der Waals surface area contributed by atoms with Crippen LogP contribution in [-0.2, 0) is 17.6 Å². The minimum Gasteiger partial charge on any atom is -0.310 e. The van der Waals surface area contributed by atoms with Gasteiger partial charge in [0.15, 0.2) is 0 Å². The Morgan fingerprint density at radius 1 is 1.12 bits per heavy atom. The first-order valence-corrected chi connectivity index (χ1v) is 9.27. The zero-order valence-corrected chi connectivity index (χ0v) is 14.1. The first kappa shape index (κ1) is 15.4. The summed E-state index contributed by atoms with van der Waals surface area (Å²) in [5.74, 6) is 1.78. The van der Waals surface area contributed by atoms with Crippen molar-refractivity contribution in [2.75, 3.05) is 5.32 Å². The van der Waals surface area contributed by atoms with Crippen LogP contribution in [0.2, 0.25) is 0 Å². The third-order valence-electron chi connectivity index (χ3n) is 5.42. The lowest BCUT2D eigenvalue weighted by Crippen LogP contribution is -2.16. The van der Waals surface area contributed by atoms with Gasteiger partial charge in [-0.15, -0.1) is 0 Å². The monoisotopic (exact) mass is 323 g/mol. The molecule has 0 atom stereocenters. The number of anilines is 1. The summed E-state index contributed by atoms with van der Waals surface area (Å²) >= 11 is 0. The Labute approximate surface area is 143 Å². The highest BCUT2D eigenvalue weighted by molar-refractivity contribution is 5.91. The van der Waals surface area contributed by atoms with Gasteiger partial charge in [-0.1, -0.05) is 43.9 Å². The van der Waals surface area contributed by atoms with Crippen LogP contribution >= 0.6 is 0 Å². The maximum absolute atomic E-state index is 12.5. The molecule has 0 bridgehead atoms. The number of aryl methyl sites for hydroxylation is 1. The van der Waals surface area contributed by atoms with Crippen LogP contribution in [0.4, 0.5) is 5.82 Å². The quantitative estimate of drug-likeness (QED) is 0.893. The number of amides is 1. The highest BCUT2D eigenvalue weighted by Crippen LogP contribution is 2.32. The van der Waals surface area contributed by atoms with E-state index in [1.165, 1.54) is 31.2 Å². The molecule has 4 rings (SSSR count). The highest BCUT2D eigenvalue weighted by atomic mass is 16.1. The number of aromatic nitrogens is 2. The number of carbonyl (C=O) groups excluding carboxylic acids is 1. The molecule has 1 N–H and O–H groups in total. The van der Waals surface area contributed by atoms with E-state index in [1.807, 2.05) is 35.0 Å². The molecule has 4 nitrogen and oxygen atoms in total. The summed E-state index contributed by atoms with van der Waals surface area (Å²) in [6.45, 7) is 0. The molecular formula is C20H25N3O. The molecule has 1 fully saturated rings. The summed E-state index contributed by atoms with van der Waals surface area (Å²) < 4.78 is 1.91. The molecule has 0 saturated heterocycles. The van der Waals surface area contributed by atoms with Gasteiger partial charge in [0.1, 0.15) is 5.82 Å². The van der Waals surface area contributed by atoms with E-state index in [-0.39, 0.29) is 5.91 Å². The maximum atomic E-state index is 12.5. The second-order valence-corrected chi connectivity index (χ2v) is 7.11. The van der Waals surface area contributed by atoms with E-state index in [1.54, 1.807) is 0 Å². The number of hydrogen-bond acceptors (Lipinski definition) is 2. The minimum absolute atomic E-state index is 0.133. The van der Waals surface area contributed by atoms with Gasteiger partial charge in [-0.05, 0) is 43.7 Å². The second-order valence-electron chi connectivity index (χ2n) is 7.11. The van der Waals surface area contributed by atoms with Gasteiger partial charge in [0.2, 0.25) is 5.91 Å². The molecule has 1 amide bonds. The van der Waals surface area contributed by atoms with Crippen molar-refractivity contribution in [2.45, 2.75) is 57.8 Å². The number of para-hydroxylation sites is 1. The zero-order valence-electron chi connectivity index (χ0n) is 14.1. The van der Waals surface area contributed by atoms with Crippen molar-refractivity contribution >= 4 is 11.7 Å². The topological polar surface area (TPSA) is 46.9 Å². The van der Waals surface area contributed by atoms with Gasteiger partial charge < -0.3 is 5.32 Å². The Hall–Kier alpha value is -2.10. The summed E-state index contributed by atoms with van der Waals surface area (Å²) in [5, 5.41) is 7.93. The van der Waals surface area contributed by atoms with Gasteiger partial charge in [0.05, 0.1) is 11.4 Å². The van der Waals surface area contributed by atoms with Crippen LogP contribution in [0.25, 0.3) is 5.69 Å². The molecule has 1 aromatic carbocycles. The number of nitrogens with zero attached hydrogens (tertiary/aromatic N) is 2. The van der Waals surface area contributed by atoms with Crippen molar-refractivity contribution in [2.24, 2.45) is 5.92 Å². The van der Waals surface area contributed by atoms with E-state index in [4.69, 9.17) is 5.10 Å². The summed E-state index contributed by atoms with van der Waals surface area (Å²) in [4.78, 5) is 12.5. The molecule has 24 heavy (non-hydrogen) atoms. The first-order valence-electron chi connectivity index (χ1n) is 9.27. The highest BCUT2D eigenvalue weighted by Gasteiger charge is 2.24. The predicted molar refractivity (Wildman–Crippen MR) is 95.4 cm³/mol. The number of fused-ring (bicyclic) bond motifs is 1. The average Bonchev–Trinajstić information content (AvgIpc) is 3.33. The van der Waals surface area contributed by atoms with Crippen molar-refractivity contribution in [1.29, 1.82) is 0 Å². The van der Waals surface area contributed by atoms with E-state index < -0.39 is 0 Å². The first-order chi connectivity index (χ1) is 11.8. The molecule has 0 aliphatic heterocycles. The molecule has 0 radical (unpaired) electrons. The fourth-order valence-corrected chi connectivity index (χ4v) is 4.11. The molecule has 2 aromatic rings. The van der Waals surface area contributed by atoms with Crippen LogP contribution in [-0.4, -0.2) is 15.7 Å². The van der Waals surface area contributed by atoms with Crippen LogP contribution in [0, 0.1) is 5.92 Å². The predicted octanol–water partition coefficient (Wildman–Crippen LogP) is 4.27. The summed E-state index contributed by atoms with van der Waals surface area (Å²) in [5.41, 5.74) is 3.39. The van der Waals surface area contributed by atoms with Gasteiger partial charge in [-0.2, -0.15) is 5.10 Å². The van der Waals surface area contributed by atoms with Crippen LogP contribution < -0.4 is 5.32 Å². The van der Waals surface area contributed by atoms with Gasteiger partial charge in [-0.3, -0.25) is 4.79 Å². The van der Waals surface area contributed by atoms with E-state index >= 15 is 0 Å². The zero-order chi connectivity index (χ0) is 16.4. The van der Waals surface area contributed by atoms with Crippen LogP contribution in [0.1, 0.15) is 56.2 Å². The SMILES string of the molecule is O=C(CCC1CCCC1)Nc1c2c(nn1-c1ccccc1)CCC2.